The largest absolute Gasteiger partial charge is 0.493 e. The summed E-state index contributed by atoms with van der Waals surface area (Å²) in [4.78, 5) is 15.1. The van der Waals surface area contributed by atoms with Gasteiger partial charge in [0.15, 0.2) is 0 Å². The number of carboxylic acids is 1. The van der Waals surface area contributed by atoms with Crippen molar-refractivity contribution in [3.05, 3.63) is 69.9 Å². The number of ether oxygens (including phenoxy) is 1. The number of benzene rings is 2. The molecule has 1 aliphatic carbocycles. The van der Waals surface area contributed by atoms with Crippen LogP contribution in [0.3, 0.4) is 0 Å². The molecule has 1 aliphatic heterocycles. The molecule has 0 unspecified atom stereocenters. The first-order chi connectivity index (χ1) is 20.4. The molecule has 3 heterocycles. The third kappa shape index (κ3) is 5.10. The van der Waals surface area contributed by atoms with Gasteiger partial charge in [-0.25, -0.2) is 9.18 Å². The third-order valence-corrected chi connectivity index (χ3v) is 9.08. The second-order valence-electron chi connectivity index (χ2n) is 11.8. The molecule has 0 saturated heterocycles. The van der Waals surface area contributed by atoms with Gasteiger partial charge in [0.25, 0.3) is 0 Å². The van der Waals surface area contributed by atoms with Gasteiger partial charge in [-0.05, 0) is 106 Å². The molecule has 0 saturated carbocycles. The van der Waals surface area contributed by atoms with E-state index in [9.17, 15) is 9.90 Å². The van der Waals surface area contributed by atoms with Gasteiger partial charge in [-0.2, -0.15) is 5.10 Å². The number of aryl methyl sites for hydroxylation is 4. The first-order valence-electron chi connectivity index (χ1n) is 15.4. The quantitative estimate of drug-likeness (QED) is 0.254. The zero-order chi connectivity index (χ0) is 29.4. The van der Waals surface area contributed by atoms with E-state index in [4.69, 9.17) is 9.84 Å². The van der Waals surface area contributed by atoms with Crippen LogP contribution >= 0.6 is 0 Å². The number of hydrogen-bond acceptors (Lipinski definition) is 4. The Bertz CT molecular complexity index is 1640. The molecule has 2 aliphatic rings. The van der Waals surface area contributed by atoms with E-state index in [0.717, 1.165) is 65.9 Å². The molecule has 222 valence electrons. The Morgan fingerprint density at radius 3 is 2.67 bits per heavy atom. The van der Waals surface area contributed by atoms with Gasteiger partial charge in [0.1, 0.15) is 17.3 Å². The SMILES string of the molecule is CCc1c2c(nn1C)CN(C)CCCCn1c(C(=O)O)c(CCCOc3cccc4c3CCCC4)c3ccc(F)c-2c31. The molecule has 8 heteroatoms. The Morgan fingerprint density at radius 1 is 1.05 bits per heavy atom. The van der Waals surface area contributed by atoms with Crippen molar-refractivity contribution in [1.29, 1.82) is 0 Å². The molecule has 0 amide bonds. The lowest BCUT2D eigenvalue weighted by atomic mass is 9.91. The molecule has 7 nitrogen and oxygen atoms in total. The zero-order valence-corrected chi connectivity index (χ0v) is 25.0. The molecular weight excluding hydrogens is 531 g/mol. The van der Waals surface area contributed by atoms with Gasteiger partial charge in [0, 0.05) is 42.3 Å². The smallest absolute Gasteiger partial charge is 0.352 e. The Hall–Kier alpha value is -3.65. The van der Waals surface area contributed by atoms with Gasteiger partial charge in [-0.3, -0.25) is 4.68 Å². The highest BCUT2D eigenvalue weighted by atomic mass is 19.1. The summed E-state index contributed by atoms with van der Waals surface area (Å²) in [5, 5.41) is 16.2. The van der Waals surface area contributed by atoms with Crippen molar-refractivity contribution < 1.29 is 19.0 Å². The van der Waals surface area contributed by atoms with Crippen molar-refractivity contribution in [2.75, 3.05) is 20.2 Å². The maximum absolute atomic E-state index is 16.0. The highest BCUT2D eigenvalue weighted by molar-refractivity contribution is 6.04. The summed E-state index contributed by atoms with van der Waals surface area (Å²) in [6.07, 6.45) is 8.15. The third-order valence-electron chi connectivity index (χ3n) is 9.08. The maximum atomic E-state index is 16.0. The number of halogens is 1. The molecule has 2 aromatic heterocycles. The van der Waals surface area contributed by atoms with Crippen molar-refractivity contribution >= 4 is 16.9 Å². The molecule has 0 spiro atoms. The van der Waals surface area contributed by atoms with Crippen LogP contribution in [0.5, 0.6) is 5.75 Å². The summed E-state index contributed by atoms with van der Waals surface area (Å²) < 4.78 is 26.0. The van der Waals surface area contributed by atoms with Crippen molar-refractivity contribution in [2.24, 2.45) is 7.05 Å². The van der Waals surface area contributed by atoms with E-state index >= 15 is 4.39 Å². The van der Waals surface area contributed by atoms with Crippen LogP contribution in [-0.4, -0.2) is 50.5 Å². The first kappa shape index (κ1) is 28.5. The molecular formula is C34H41FN4O3. The molecule has 6 rings (SSSR count). The summed E-state index contributed by atoms with van der Waals surface area (Å²) in [5.41, 5.74) is 7.46. The second kappa shape index (κ2) is 11.9. The number of aromatic carboxylic acids is 1. The number of hydrogen-bond donors (Lipinski definition) is 1. The van der Waals surface area contributed by atoms with E-state index in [0.29, 0.717) is 50.0 Å². The highest BCUT2D eigenvalue weighted by Gasteiger charge is 2.30. The molecule has 0 fully saturated rings. The average molecular weight is 573 g/mol. The summed E-state index contributed by atoms with van der Waals surface area (Å²) in [6, 6.07) is 9.58. The summed E-state index contributed by atoms with van der Waals surface area (Å²) in [5.74, 6) is -0.361. The normalized spacial score (nSPS) is 15.7. The Labute approximate surface area is 246 Å². The lowest BCUT2D eigenvalue weighted by Crippen LogP contribution is -2.20. The van der Waals surface area contributed by atoms with Crippen LogP contribution in [0, 0.1) is 5.82 Å². The molecule has 4 aromatic rings. The van der Waals surface area contributed by atoms with Gasteiger partial charge in [0.05, 0.1) is 17.8 Å². The fourth-order valence-corrected chi connectivity index (χ4v) is 7.18. The molecule has 0 atom stereocenters. The molecule has 42 heavy (non-hydrogen) atoms. The highest BCUT2D eigenvalue weighted by Crippen LogP contribution is 2.41. The predicted octanol–water partition coefficient (Wildman–Crippen LogP) is 6.56. The fourth-order valence-electron chi connectivity index (χ4n) is 7.18. The zero-order valence-electron chi connectivity index (χ0n) is 25.0. The minimum atomic E-state index is -0.972. The van der Waals surface area contributed by atoms with Crippen LogP contribution in [0.4, 0.5) is 4.39 Å². The van der Waals surface area contributed by atoms with Gasteiger partial charge in [-0.15, -0.1) is 0 Å². The van der Waals surface area contributed by atoms with Crippen LogP contribution in [0.1, 0.15) is 77.6 Å². The van der Waals surface area contributed by atoms with Gasteiger partial charge in [0.2, 0.25) is 0 Å². The fraction of sp³-hybridized carbons (Fsp3) is 0.471. The van der Waals surface area contributed by atoms with Crippen molar-refractivity contribution in [3.63, 3.8) is 0 Å². The molecule has 2 aromatic carbocycles. The van der Waals surface area contributed by atoms with E-state index in [2.05, 4.69) is 31.0 Å². The number of fused-ring (bicyclic) bond motifs is 3. The summed E-state index contributed by atoms with van der Waals surface area (Å²) in [7, 11) is 3.97. The number of carbonyl (C=O) groups is 1. The number of aromatic nitrogens is 3. The Kier molecular flexibility index (Phi) is 8.08. The van der Waals surface area contributed by atoms with E-state index in [1.807, 2.05) is 22.4 Å². The minimum Gasteiger partial charge on any atom is -0.493 e. The maximum Gasteiger partial charge on any atom is 0.352 e. The van der Waals surface area contributed by atoms with Gasteiger partial charge < -0.3 is 19.3 Å². The lowest BCUT2D eigenvalue weighted by Gasteiger charge is -2.19. The van der Waals surface area contributed by atoms with Crippen molar-refractivity contribution in [1.82, 2.24) is 19.2 Å². The summed E-state index contributed by atoms with van der Waals surface area (Å²) >= 11 is 0. The van der Waals surface area contributed by atoms with E-state index in [1.54, 1.807) is 6.07 Å². The lowest BCUT2D eigenvalue weighted by molar-refractivity contribution is 0.0684. The molecule has 0 bridgehead atoms. The van der Waals surface area contributed by atoms with Gasteiger partial charge in [-0.1, -0.05) is 19.1 Å². The Balaban J connectivity index is 1.43. The van der Waals surface area contributed by atoms with Crippen LogP contribution in [0.15, 0.2) is 30.3 Å². The molecule has 0 radical (unpaired) electrons. The number of nitrogens with zero attached hydrogens (tertiary/aromatic N) is 4. The Morgan fingerprint density at radius 2 is 1.86 bits per heavy atom. The van der Waals surface area contributed by atoms with Crippen LogP contribution in [0.2, 0.25) is 0 Å². The first-order valence-corrected chi connectivity index (χ1v) is 15.4. The van der Waals surface area contributed by atoms with Crippen LogP contribution in [0.25, 0.3) is 22.0 Å². The summed E-state index contributed by atoms with van der Waals surface area (Å²) in [6.45, 7) is 4.54. The van der Waals surface area contributed by atoms with E-state index in [-0.39, 0.29) is 11.5 Å². The molecule has 1 N–H and O–H groups in total. The number of carboxylic acid groups (broad SMARTS) is 1. The van der Waals surface area contributed by atoms with Crippen molar-refractivity contribution in [3.8, 4) is 16.9 Å². The van der Waals surface area contributed by atoms with E-state index in [1.165, 1.54) is 30.0 Å². The monoisotopic (exact) mass is 572 g/mol. The predicted molar refractivity (Wildman–Crippen MR) is 163 cm³/mol. The van der Waals surface area contributed by atoms with Crippen LogP contribution < -0.4 is 4.74 Å². The standard InChI is InChI=1S/C34H41FN4O3/c1-4-28-31-27(36-38(28)3)21-37(2)18-7-8-19-39-32-25(16-17-26(35)30(31)32)24(33(39)34(40)41)14-10-20-42-29-15-9-12-22-11-5-6-13-23(22)29/h9,12,15-17H,4-8,10-11,13-14,18-21H2,1-3H3,(H,40,41). The van der Waals surface area contributed by atoms with Crippen molar-refractivity contribution in [2.45, 2.75) is 77.8 Å². The van der Waals surface area contributed by atoms with Gasteiger partial charge >= 0.3 is 5.97 Å². The van der Waals surface area contributed by atoms with E-state index < -0.39 is 5.97 Å². The minimum absolute atomic E-state index is 0.269. The topological polar surface area (TPSA) is 72.5 Å². The van der Waals surface area contributed by atoms with Crippen LogP contribution in [-0.2, 0) is 45.8 Å². The number of rotatable bonds is 7. The average Bonchev–Trinajstić information content (AvgIpc) is 3.45. The second-order valence-corrected chi connectivity index (χ2v) is 11.8.